The molecule has 3 aromatic rings. The molecule has 4 rings (SSSR count). The molecule has 1 aliphatic rings. The lowest BCUT2D eigenvalue weighted by atomic mass is 9.89. The first-order valence-electron chi connectivity index (χ1n) is 13.2. The largest absolute Gasteiger partial charge is 0.414 e. The molecule has 0 unspecified atom stereocenters. The summed E-state index contributed by atoms with van der Waals surface area (Å²) >= 11 is 0. The molecule has 2 N–H and O–H groups in total. The Balaban J connectivity index is 1.32. The molecule has 37 heavy (non-hydrogen) atoms. The van der Waals surface area contributed by atoms with E-state index in [0.717, 1.165) is 42.2 Å². The molecule has 0 saturated heterocycles. The van der Waals surface area contributed by atoms with Gasteiger partial charge in [-0.1, -0.05) is 40.4 Å². The zero-order chi connectivity index (χ0) is 26.8. The third-order valence-corrected chi connectivity index (χ3v) is 13.6. The Hall–Kier alpha value is -2.35. The minimum absolute atomic E-state index is 0.230. The maximum Gasteiger partial charge on any atom is 0.192 e. The first-order valence-corrected chi connectivity index (χ1v) is 19.8. The summed E-state index contributed by atoms with van der Waals surface area (Å²) in [5.74, 6) is 2.19. The van der Waals surface area contributed by atoms with Crippen LogP contribution in [0.3, 0.4) is 0 Å². The summed E-state index contributed by atoms with van der Waals surface area (Å²) in [7, 11) is -2.85. The number of pyridine rings is 1. The fraction of sp³-hybridized carbons (Fsp3) is 0.615. The van der Waals surface area contributed by atoms with Gasteiger partial charge in [0.25, 0.3) is 0 Å². The molecule has 0 aromatic carbocycles. The summed E-state index contributed by atoms with van der Waals surface area (Å²) < 4.78 is 14.3. The summed E-state index contributed by atoms with van der Waals surface area (Å²) in [4.78, 5) is 13.3. The van der Waals surface area contributed by atoms with E-state index in [1.807, 2.05) is 29.2 Å². The number of ether oxygens (including phenoxy) is 1. The van der Waals surface area contributed by atoms with Crippen LogP contribution in [0, 0.1) is 0 Å². The van der Waals surface area contributed by atoms with Crippen LogP contribution >= 0.6 is 0 Å². The van der Waals surface area contributed by atoms with Crippen LogP contribution in [0.2, 0.25) is 43.8 Å². The summed E-state index contributed by atoms with van der Waals surface area (Å²) in [5, 5.41) is 12.5. The van der Waals surface area contributed by atoms with Gasteiger partial charge in [0.15, 0.2) is 8.32 Å². The number of anilines is 3. The average molecular weight is 542 g/mol. The zero-order valence-electron chi connectivity index (χ0n) is 23.6. The number of nitrogens with zero attached hydrogens (tertiary/aromatic N) is 5. The maximum absolute atomic E-state index is 6.52. The van der Waals surface area contributed by atoms with E-state index in [9.17, 15) is 0 Å². The van der Waals surface area contributed by atoms with E-state index in [1.54, 1.807) is 6.33 Å². The van der Waals surface area contributed by atoms with E-state index in [-0.39, 0.29) is 5.04 Å². The van der Waals surface area contributed by atoms with E-state index < -0.39 is 16.4 Å². The Kier molecular flexibility index (Phi) is 8.08. The monoisotopic (exact) mass is 541 g/mol. The Morgan fingerprint density at radius 1 is 0.973 bits per heavy atom. The van der Waals surface area contributed by atoms with Gasteiger partial charge in [-0.2, -0.15) is 5.10 Å². The van der Waals surface area contributed by atoms with Crippen molar-refractivity contribution in [2.24, 2.45) is 0 Å². The third-order valence-electron chi connectivity index (χ3n) is 7.37. The molecule has 0 amide bonds. The fourth-order valence-corrected chi connectivity index (χ4v) is 6.03. The van der Waals surface area contributed by atoms with Gasteiger partial charge in [0.05, 0.1) is 11.7 Å². The smallest absolute Gasteiger partial charge is 0.192 e. The van der Waals surface area contributed by atoms with Crippen LogP contribution in [0.4, 0.5) is 17.5 Å². The number of aromatic nitrogens is 5. The zero-order valence-corrected chi connectivity index (χ0v) is 25.6. The molecule has 0 aliphatic heterocycles. The highest BCUT2D eigenvalue weighted by Crippen LogP contribution is 2.40. The van der Waals surface area contributed by atoms with Gasteiger partial charge in [-0.25, -0.2) is 19.6 Å². The molecule has 1 aliphatic carbocycles. The van der Waals surface area contributed by atoms with Gasteiger partial charge < -0.3 is 19.8 Å². The molecule has 11 heteroatoms. The van der Waals surface area contributed by atoms with Crippen LogP contribution in [-0.2, 0) is 15.9 Å². The summed E-state index contributed by atoms with van der Waals surface area (Å²) in [6.07, 6.45) is 7.55. The van der Waals surface area contributed by atoms with Gasteiger partial charge in [0, 0.05) is 50.5 Å². The molecule has 0 atom stereocenters. The molecule has 1 saturated carbocycles. The summed E-state index contributed by atoms with van der Waals surface area (Å²) in [6, 6.07) is 5.40. The lowest BCUT2D eigenvalue weighted by Gasteiger charge is -2.45. The highest BCUT2D eigenvalue weighted by molar-refractivity contribution is 6.76. The van der Waals surface area contributed by atoms with Crippen molar-refractivity contribution in [2.75, 3.05) is 17.2 Å². The first-order chi connectivity index (χ1) is 17.3. The Bertz CT molecular complexity index is 1200. The second-order valence-electron chi connectivity index (χ2n) is 12.8. The van der Waals surface area contributed by atoms with Crippen molar-refractivity contribution in [2.45, 2.75) is 96.3 Å². The average Bonchev–Trinajstić information content (AvgIpc) is 3.16. The number of rotatable bonds is 11. The number of hydrogen-bond donors (Lipinski definition) is 2. The number of fused-ring (bicyclic) bond motifs is 1. The minimum Gasteiger partial charge on any atom is -0.414 e. The third kappa shape index (κ3) is 7.37. The Labute approximate surface area is 222 Å². The Morgan fingerprint density at radius 2 is 1.68 bits per heavy atom. The number of nitrogens with one attached hydrogen (secondary N) is 2. The lowest BCUT2D eigenvalue weighted by molar-refractivity contribution is 0.0817. The van der Waals surface area contributed by atoms with Crippen LogP contribution < -0.4 is 10.6 Å². The van der Waals surface area contributed by atoms with Crippen molar-refractivity contribution >= 4 is 44.7 Å². The van der Waals surface area contributed by atoms with Crippen LogP contribution in [0.5, 0.6) is 0 Å². The second-order valence-corrected chi connectivity index (χ2v) is 23.2. The summed E-state index contributed by atoms with van der Waals surface area (Å²) in [5.41, 5.74) is 0.972. The van der Waals surface area contributed by atoms with Gasteiger partial charge in [-0.3, -0.25) is 0 Å². The van der Waals surface area contributed by atoms with E-state index >= 15 is 0 Å². The molecule has 0 bridgehead atoms. The highest BCUT2D eigenvalue weighted by Gasteiger charge is 2.42. The molecule has 0 spiro atoms. The van der Waals surface area contributed by atoms with Crippen LogP contribution in [0.25, 0.3) is 10.9 Å². The standard InChI is InChI=1S/C26H43N7O2Si2/c1-26(2,3)37(7,8)35-21-11-20(12-21)31-24-14-25(29-17-28-24)32-23-13-22-19(15-27-23)16-30-33(22)18-34-9-10-36(4,5)6/h13-17,20-21H,9-12,18H2,1-8H3,(H2,27,28,29,31,32). The second kappa shape index (κ2) is 10.8. The van der Waals surface area contributed by atoms with Crippen molar-refractivity contribution in [3.8, 4) is 0 Å². The molecule has 0 radical (unpaired) electrons. The Morgan fingerprint density at radius 3 is 2.38 bits per heavy atom. The minimum atomic E-state index is -1.73. The van der Waals surface area contributed by atoms with Crippen LogP contribution in [0.1, 0.15) is 33.6 Å². The van der Waals surface area contributed by atoms with E-state index in [2.05, 4.69) is 84.2 Å². The molecular weight excluding hydrogens is 499 g/mol. The predicted octanol–water partition coefficient (Wildman–Crippen LogP) is 6.24. The quantitative estimate of drug-likeness (QED) is 0.217. The molecule has 9 nitrogen and oxygen atoms in total. The first kappa shape index (κ1) is 27.7. The van der Waals surface area contributed by atoms with Crippen LogP contribution in [-0.4, -0.2) is 59.9 Å². The number of hydrogen-bond acceptors (Lipinski definition) is 8. The van der Waals surface area contributed by atoms with E-state index in [1.165, 1.54) is 0 Å². The van der Waals surface area contributed by atoms with Crippen molar-refractivity contribution in [3.05, 3.63) is 30.9 Å². The van der Waals surface area contributed by atoms with Crippen molar-refractivity contribution in [3.63, 3.8) is 0 Å². The van der Waals surface area contributed by atoms with Gasteiger partial charge in [-0.05, 0) is 37.0 Å². The molecule has 3 aromatic heterocycles. The molecule has 1 fully saturated rings. The van der Waals surface area contributed by atoms with Gasteiger partial charge in [0.1, 0.15) is 30.5 Å². The van der Waals surface area contributed by atoms with Crippen LogP contribution in [0.15, 0.2) is 30.9 Å². The normalized spacial score (nSPS) is 18.6. The molecule has 202 valence electrons. The SMILES string of the molecule is CC(C)(C)[Si](C)(C)OC1CC(Nc2cc(Nc3cc4c(cn3)cnn4COCC[Si](C)(C)C)ncn2)C1. The highest BCUT2D eigenvalue weighted by atomic mass is 28.4. The molecular formula is C26H43N7O2Si2. The predicted molar refractivity (Wildman–Crippen MR) is 156 cm³/mol. The van der Waals surface area contributed by atoms with E-state index in [0.29, 0.717) is 30.5 Å². The van der Waals surface area contributed by atoms with Gasteiger partial charge in [-0.15, -0.1) is 0 Å². The van der Waals surface area contributed by atoms with Crippen molar-refractivity contribution in [1.29, 1.82) is 0 Å². The lowest BCUT2D eigenvalue weighted by Crippen LogP contribution is -2.50. The van der Waals surface area contributed by atoms with E-state index in [4.69, 9.17) is 9.16 Å². The van der Waals surface area contributed by atoms with Crippen molar-refractivity contribution in [1.82, 2.24) is 24.7 Å². The maximum atomic E-state index is 6.52. The van der Waals surface area contributed by atoms with Gasteiger partial charge >= 0.3 is 0 Å². The summed E-state index contributed by atoms with van der Waals surface area (Å²) in [6.45, 7) is 19.7. The van der Waals surface area contributed by atoms with Gasteiger partial charge in [0.2, 0.25) is 0 Å². The topological polar surface area (TPSA) is 99.0 Å². The van der Waals surface area contributed by atoms with Crippen molar-refractivity contribution < 1.29 is 9.16 Å². The molecule has 3 heterocycles. The fourth-order valence-electron chi connectivity index (χ4n) is 3.89.